The summed E-state index contributed by atoms with van der Waals surface area (Å²) in [4.78, 5) is 20.0. The summed E-state index contributed by atoms with van der Waals surface area (Å²) in [5.74, 6) is 0.546. The van der Waals surface area contributed by atoms with Crippen molar-refractivity contribution in [3.05, 3.63) is 170 Å². The summed E-state index contributed by atoms with van der Waals surface area (Å²) in [7, 11) is 0. The number of benzene rings is 5. The second-order valence-corrected chi connectivity index (χ2v) is 12.6. The highest BCUT2D eigenvalue weighted by atomic mass is 15.0. The highest BCUT2D eigenvalue weighted by Gasteiger charge is 2.24. The molecule has 7 nitrogen and oxygen atoms in total. The lowest BCUT2D eigenvalue weighted by molar-refractivity contribution is 1.10. The first-order valence-electron chi connectivity index (χ1n) is 17.0. The van der Waals surface area contributed by atoms with Gasteiger partial charge in [0.2, 0.25) is 0 Å². The zero-order chi connectivity index (χ0) is 34.6. The molecule has 0 spiro atoms. The fourth-order valence-corrected chi connectivity index (χ4v) is 7.38. The number of aromatic nitrogens is 6. The lowest BCUT2D eigenvalue weighted by atomic mass is 10.0. The van der Waals surface area contributed by atoms with E-state index in [0.29, 0.717) is 22.8 Å². The molecular formula is C45H27N7. The van der Waals surface area contributed by atoms with E-state index in [4.69, 9.17) is 19.9 Å². The summed E-state index contributed by atoms with van der Waals surface area (Å²) < 4.78 is 4.29. The third-order valence-electron chi connectivity index (χ3n) is 9.67. The summed E-state index contributed by atoms with van der Waals surface area (Å²) in [6, 6.07) is 53.5. The number of para-hydroxylation sites is 2. The third kappa shape index (κ3) is 4.59. The quantitative estimate of drug-likeness (QED) is 0.183. The molecular weight excluding hydrogens is 639 g/mol. The van der Waals surface area contributed by atoms with Gasteiger partial charge in [-0.1, -0.05) is 97.1 Å². The number of hydrogen-bond donors (Lipinski definition) is 0. The molecule has 5 heterocycles. The van der Waals surface area contributed by atoms with Gasteiger partial charge in [0.15, 0.2) is 5.82 Å². The molecule has 0 fully saturated rings. The van der Waals surface area contributed by atoms with Crippen molar-refractivity contribution in [2.24, 2.45) is 0 Å². The number of rotatable bonds is 5. The van der Waals surface area contributed by atoms with Gasteiger partial charge >= 0.3 is 0 Å². The Hall–Kier alpha value is -7.43. The molecule has 0 saturated heterocycles. The molecule has 0 aliphatic rings. The SMILES string of the molecule is N#Cc1c(-n2c3ccccc3c3ncccc32)cc(-c2nc(-c3ccccc3)cc(-c3ccccc3)n2)cc1-n1c2ccccc2c2ncccc21. The number of nitriles is 1. The van der Waals surface area contributed by atoms with E-state index in [9.17, 15) is 5.26 Å². The van der Waals surface area contributed by atoms with Crippen LogP contribution in [0.3, 0.4) is 0 Å². The van der Waals surface area contributed by atoms with Gasteiger partial charge < -0.3 is 9.13 Å². The first-order valence-corrected chi connectivity index (χ1v) is 17.0. The molecule has 0 aliphatic carbocycles. The second kappa shape index (κ2) is 11.9. The Morgan fingerprint density at radius 2 is 0.885 bits per heavy atom. The van der Waals surface area contributed by atoms with Gasteiger partial charge in [-0.3, -0.25) is 9.97 Å². The predicted molar refractivity (Wildman–Crippen MR) is 207 cm³/mol. The minimum Gasteiger partial charge on any atom is -0.306 e. The van der Waals surface area contributed by atoms with Gasteiger partial charge in [-0.2, -0.15) is 5.26 Å². The normalized spacial score (nSPS) is 11.4. The van der Waals surface area contributed by atoms with E-state index in [0.717, 1.165) is 72.0 Å². The van der Waals surface area contributed by atoms with Gasteiger partial charge in [-0.15, -0.1) is 0 Å². The molecule has 10 rings (SSSR count). The van der Waals surface area contributed by atoms with Crippen LogP contribution in [0.2, 0.25) is 0 Å². The first kappa shape index (κ1) is 29.5. The maximum atomic E-state index is 11.2. The molecule has 5 aromatic heterocycles. The highest BCUT2D eigenvalue weighted by Crippen LogP contribution is 2.39. The van der Waals surface area contributed by atoms with E-state index < -0.39 is 0 Å². The summed E-state index contributed by atoms with van der Waals surface area (Å²) in [5.41, 5.74) is 11.7. The first-order chi connectivity index (χ1) is 25.8. The molecule has 52 heavy (non-hydrogen) atoms. The van der Waals surface area contributed by atoms with Crippen molar-refractivity contribution in [2.45, 2.75) is 0 Å². The van der Waals surface area contributed by atoms with E-state index in [2.05, 4.69) is 75.9 Å². The van der Waals surface area contributed by atoms with Gasteiger partial charge in [0.1, 0.15) is 11.6 Å². The van der Waals surface area contributed by atoms with Crippen molar-refractivity contribution in [3.63, 3.8) is 0 Å². The Labute approximate surface area is 298 Å². The molecule has 0 bridgehead atoms. The third-order valence-corrected chi connectivity index (χ3v) is 9.67. The minimum absolute atomic E-state index is 0.504. The second-order valence-electron chi connectivity index (χ2n) is 12.6. The summed E-state index contributed by atoms with van der Waals surface area (Å²) >= 11 is 0. The van der Waals surface area contributed by atoms with Crippen LogP contribution < -0.4 is 0 Å². The van der Waals surface area contributed by atoms with Crippen LogP contribution in [0.5, 0.6) is 0 Å². The van der Waals surface area contributed by atoms with E-state index in [1.807, 2.05) is 103 Å². The molecule has 10 aromatic rings. The van der Waals surface area contributed by atoms with Gasteiger partial charge in [-0.25, -0.2) is 9.97 Å². The Morgan fingerprint density at radius 3 is 1.37 bits per heavy atom. The molecule has 0 atom stereocenters. The van der Waals surface area contributed by atoms with Crippen molar-refractivity contribution in [3.8, 4) is 51.3 Å². The van der Waals surface area contributed by atoms with Gasteiger partial charge in [0.25, 0.3) is 0 Å². The van der Waals surface area contributed by atoms with Crippen LogP contribution in [-0.4, -0.2) is 29.1 Å². The van der Waals surface area contributed by atoms with Crippen LogP contribution in [0.25, 0.3) is 89.2 Å². The Balaban J connectivity index is 1.36. The number of nitrogens with zero attached hydrogens (tertiary/aromatic N) is 7. The van der Waals surface area contributed by atoms with Gasteiger partial charge in [-0.05, 0) is 54.6 Å². The maximum Gasteiger partial charge on any atom is 0.160 e. The maximum absolute atomic E-state index is 11.2. The van der Waals surface area contributed by atoms with Crippen molar-refractivity contribution >= 4 is 43.9 Å². The molecule has 0 unspecified atom stereocenters. The predicted octanol–water partition coefficient (Wildman–Crippen LogP) is 10.3. The lowest BCUT2D eigenvalue weighted by Gasteiger charge is -2.18. The Morgan fingerprint density at radius 1 is 0.442 bits per heavy atom. The zero-order valence-electron chi connectivity index (χ0n) is 27.7. The number of hydrogen-bond acceptors (Lipinski definition) is 5. The molecule has 242 valence electrons. The summed E-state index contributed by atoms with van der Waals surface area (Å²) in [6.07, 6.45) is 3.62. The molecule has 0 N–H and O–H groups in total. The monoisotopic (exact) mass is 665 g/mol. The van der Waals surface area contributed by atoms with Crippen LogP contribution in [-0.2, 0) is 0 Å². The van der Waals surface area contributed by atoms with E-state index in [1.54, 1.807) is 0 Å². The van der Waals surface area contributed by atoms with Crippen molar-refractivity contribution in [2.75, 3.05) is 0 Å². The topological polar surface area (TPSA) is 85.2 Å². The Kier molecular flexibility index (Phi) is 6.73. The minimum atomic E-state index is 0.504. The molecule has 0 aliphatic heterocycles. The zero-order valence-corrected chi connectivity index (χ0v) is 27.7. The lowest BCUT2D eigenvalue weighted by Crippen LogP contribution is -2.06. The molecule has 0 saturated carbocycles. The van der Waals surface area contributed by atoms with E-state index in [-0.39, 0.29) is 0 Å². The fraction of sp³-hybridized carbons (Fsp3) is 0. The average molecular weight is 666 g/mol. The van der Waals surface area contributed by atoms with Crippen LogP contribution in [0.15, 0.2) is 164 Å². The van der Waals surface area contributed by atoms with Crippen LogP contribution in [0, 0.1) is 11.3 Å². The average Bonchev–Trinajstić information content (AvgIpc) is 3.74. The van der Waals surface area contributed by atoms with E-state index in [1.165, 1.54) is 0 Å². The van der Waals surface area contributed by atoms with Gasteiger partial charge in [0, 0.05) is 39.9 Å². The van der Waals surface area contributed by atoms with Crippen molar-refractivity contribution in [1.29, 1.82) is 5.26 Å². The van der Waals surface area contributed by atoms with Crippen LogP contribution in [0.1, 0.15) is 5.56 Å². The fourth-order valence-electron chi connectivity index (χ4n) is 7.38. The van der Waals surface area contributed by atoms with E-state index >= 15 is 0 Å². The van der Waals surface area contributed by atoms with Crippen molar-refractivity contribution < 1.29 is 0 Å². The number of pyridine rings is 2. The Bertz CT molecular complexity index is 2730. The molecule has 7 heteroatoms. The molecule has 0 amide bonds. The van der Waals surface area contributed by atoms with Crippen LogP contribution in [0.4, 0.5) is 0 Å². The highest BCUT2D eigenvalue weighted by molar-refractivity contribution is 6.09. The molecule has 5 aromatic carbocycles. The van der Waals surface area contributed by atoms with Crippen LogP contribution >= 0.6 is 0 Å². The van der Waals surface area contributed by atoms with Crippen molar-refractivity contribution in [1.82, 2.24) is 29.1 Å². The number of fused-ring (bicyclic) bond motifs is 6. The van der Waals surface area contributed by atoms with Gasteiger partial charge in [0.05, 0.1) is 55.9 Å². The standard InChI is InChI=1S/C45H27N7/c46-28-34-41(51-37-19-9-7-17-32(37)43-39(51)21-11-23-47-43)25-31(26-42(34)52-38-20-10-8-18-33(38)44-40(52)22-12-24-48-44)45-49-35(29-13-3-1-4-14-29)27-36(50-45)30-15-5-2-6-16-30/h1-27H. The summed E-state index contributed by atoms with van der Waals surface area (Å²) in [6.45, 7) is 0. The largest absolute Gasteiger partial charge is 0.306 e. The molecule has 0 radical (unpaired) electrons. The summed E-state index contributed by atoms with van der Waals surface area (Å²) in [5, 5.41) is 13.2. The smallest absolute Gasteiger partial charge is 0.160 e.